The van der Waals surface area contributed by atoms with Crippen molar-refractivity contribution in [2.75, 3.05) is 0 Å². The van der Waals surface area contributed by atoms with Gasteiger partial charge in [0.1, 0.15) is 17.7 Å². The van der Waals surface area contributed by atoms with Gasteiger partial charge in [0.25, 0.3) is 6.43 Å². The number of nitrogens with one attached hydrogen (secondary N) is 1. The minimum atomic E-state index is -2.83. The van der Waals surface area contributed by atoms with Crippen molar-refractivity contribution in [3.63, 3.8) is 0 Å². The van der Waals surface area contributed by atoms with Crippen molar-refractivity contribution in [3.05, 3.63) is 77.9 Å². The fourth-order valence-electron chi connectivity index (χ4n) is 5.30. The third kappa shape index (κ3) is 4.70. The average Bonchev–Trinajstić information content (AvgIpc) is 3.66. The summed E-state index contributed by atoms with van der Waals surface area (Å²) in [5.74, 6) is -0.383. The molecule has 2 N–H and O–H groups in total. The van der Waals surface area contributed by atoms with Gasteiger partial charge in [-0.3, -0.25) is 0 Å². The molecule has 5 aromatic rings. The van der Waals surface area contributed by atoms with E-state index in [9.17, 15) is 13.9 Å². The number of benzene rings is 3. The van der Waals surface area contributed by atoms with Gasteiger partial charge in [-0.15, -0.1) is 10.2 Å². The quantitative estimate of drug-likeness (QED) is 0.265. The summed E-state index contributed by atoms with van der Waals surface area (Å²) in [5, 5.41) is 21.5. The van der Waals surface area contributed by atoms with E-state index < -0.39 is 18.3 Å². The molecule has 2 atom stereocenters. The number of rotatable bonds is 7. The second-order valence-corrected chi connectivity index (χ2v) is 9.82. The third-order valence-corrected chi connectivity index (χ3v) is 7.25. The van der Waals surface area contributed by atoms with Crippen LogP contribution in [0.1, 0.15) is 36.8 Å². The van der Waals surface area contributed by atoms with E-state index in [2.05, 4.69) is 20.5 Å². The molecule has 6 rings (SSSR count). The minimum absolute atomic E-state index is 0.0117. The first-order valence-electron chi connectivity index (χ1n) is 12.8. The van der Waals surface area contributed by atoms with E-state index in [0.29, 0.717) is 28.9 Å². The van der Waals surface area contributed by atoms with E-state index in [1.807, 2.05) is 30.3 Å². The Labute approximate surface area is 222 Å². The van der Waals surface area contributed by atoms with Gasteiger partial charge in [-0.05, 0) is 54.2 Å². The van der Waals surface area contributed by atoms with Crippen LogP contribution in [0.3, 0.4) is 0 Å². The molecule has 200 valence electrons. The number of oxazole rings is 1. The fraction of sp³-hybridized carbons (Fsp3) is 0.276. The Hall–Kier alpha value is -4.02. The Morgan fingerprint density at radius 3 is 2.62 bits per heavy atom. The van der Waals surface area contributed by atoms with Gasteiger partial charge in [0.2, 0.25) is 5.89 Å². The zero-order valence-electron chi connectivity index (χ0n) is 21.1. The highest BCUT2D eigenvalue weighted by molar-refractivity contribution is 5.92. The van der Waals surface area contributed by atoms with Crippen molar-refractivity contribution in [1.82, 2.24) is 25.1 Å². The van der Waals surface area contributed by atoms with Gasteiger partial charge < -0.3 is 19.4 Å². The Morgan fingerprint density at radius 1 is 1.10 bits per heavy atom. The largest absolute Gasteiger partial charge is 0.435 e. The smallest absolute Gasteiger partial charge is 0.267 e. The van der Waals surface area contributed by atoms with Gasteiger partial charge in [0.15, 0.2) is 11.4 Å². The van der Waals surface area contributed by atoms with Gasteiger partial charge in [-0.25, -0.2) is 18.2 Å². The average molecular weight is 534 g/mol. The Morgan fingerprint density at radius 2 is 1.92 bits per heavy atom. The highest BCUT2D eigenvalue weighted by atomic mass is 19.3. The van der Waals surface area contributed by atoms with Crippen LogP contribution in [0.15, 0.2) is 65.3 Å². The lowest BCUT2D eigenvalue weighted by molar-refractivity contribution is 0.148. The number of fused-ring (bicyclic) bond motifs is 1. The highest BCUT2D eigenvalue weighted by Gasteiger charge is 2.28. The van der Waals surface area contributed by atoms with Crippen LogP contribution in [-0.2, 0) is 13.6 Å². The zero-order chi connectivity index (χ0) is 27.1. The SMILES string of the molecule is Cn1cnnc1-c1c(-c2ccccc2)ccc(F)c1-c1nc2cc(CNC3CCC[C@H]3O)cc(C(F)F)c2o1. The summed E-state index contributed by atoms with van der Waals surface area (Å²) >= 11 is 0. The van der Waals surface area contributed by atoms with Crippen LogP contribution in [0.5, 0.6) is 0 Å². The molecule has 2 heterocycles. The van der Waals surface area contributed by atoms with Gasteiger partial charge in [0.05, 0.1) is 17.2 Å². The van der Waals surface area contributed by atoms with Crippen molar-refractivity contribution < 1.29 is 22.7 Å². The summed E-state index contributed by atoms with van der Waals surface area (Å²) in [7, 11) is 1.74. The molecule has 7 nitrogen and oxygen atoms in total. The number of aromatic nitrogens is 4. The maximum atomic E-state index is 15.6. The maximum absolute atomic E-state index is 15.6. The lowest BCUT2D eigenvalue weighted by Gasteiger charge is -2.16. The molecule has 1 fully saturated rings. The number of aliphatic hydroxyl groups is 1. The standard InChI is InChI=1S/C29H26F3N5O2/c1-37-15-34-36-28(37)24-18(17-6-3-2-4-7-17)10-11-20(30)25(24)29-35-22-13-16(12-19(27(31)32)26(22)39-29)14-33-21-8-5-9-23(21)38/h2-4,6-7,10-13,15,21,23,27,33,38H,5,8-9,14H2,1H3/t21?,23-/m1/s1. The van der Waals surface area contributed by atoms with Crippen molar-refractivity contribution in [2.24, 2.45) is 7.05 Å². The normalized spacial score (nSPS) is 17.5. The van der Waals surface area contributed by atoms with Crippen molar-refractivity contribution in [1.29, 1.82) is 0 Å². The number of nitrogens with zero attached hydrogens (tertiary/aromatic N) is 4. The molecule has 1 aliphatic rings. The number of hydrogen-bond acceptors (Lipinski definition) is 6. The number of aryl methyl sites for hydroxylation is 1. The van der Waals surface area contributed by atoms with E-state index in [0.717, 1.165) is 18.4 Å². The zero-order valence-corrected chi connectivity index (χ0v) is 21.1. The van der Waals surface area contributed by atoms with Gasteiger partial charge >= 0.3 is 0 Å². The monoisotopic (exact) mass is 533 g/mol. The summed E-state index contributed by atoms with van der Waals surface area (Å²) in [6.07, 6.45) is 0.660. The van der Waals surface area contributed by atoms with Crippen LogP contribution in [0.25, 0.3) is 45.1 Å². The van der Waals surface area contributed by atoms with E-state index in [-0.39, 0.29) is 40.7 Å². The molecule has 1 saturated carbocycles. The lowest BCUT2D eigenvalue weighted by Crippen LogP contribution is -2.35. The molecule has 2 aromatic heterocycles. The molecule has 3 aromatic carbocycles. The van der Waals surface area contributed by atoms with Gasteiger partial charge in [0, 0.05) is 25.2 Å². The topological polar surface area (TPSA) is 89.0 Å². The molecule has 0 spiro atoms. The highest BCUT2D eigenvalue weighted by Crippen LogP contribution is 2.42. The van der Waals surface area contributed by atoms with Crippen LogP contribution in [0.4, 0.5) is 13.2 Å². The molecule has 1 aliphatic carbocycles. The summed E-state index contributed by atoms with van der Waals surface area (Å²) in [6, 6.07) is 15.3. The van der Waals surface area contributed by atoms with Crippen molar-refractivity contribution >= 4 is 11.1 Å². The molecule has 1 unspecified atom stereocenters. The number of alkyl halides is 2. The number of hydrogen-bond donors (Lipinski definition) is 2. The maximum Gasteiger partial charge on any atom is 0.267 e. The van der Waals surface area contributed by atoms with Crippen molar-refractivity contribution in [3.8, 4) is 34.0 Å². The first kappa shape index (κ1) is 25.3. The minimum Gasteiger partial charge on any atom is -0.435 e. The van der Waals surface area contributed by atoms with Gasteiger partial charge in [-0.1, -0.05) is 36.4 Å². The third-order valence-electron chi connectivity index (χ3n) is 7.25. The molecular weight excluding hydrogens is 507 g/mol. The first-order valence-corrected chi connectivity index (χ1v) is 12.8. The van der Waals surface area contributed by atoms with E-state index in [1.165, 1.54) is 18.5 Å². The van der Waals surface area contributed by atoms with Gasteiger partial charge in [-0.2, -0.15) is 0 Å². The van der Waals surface area contributed by atoms with Crippen LogP contribution < -0.4 is 5.32 Å². The molecule has 0 saturated heterocycles. The predicted molar refractivity (Wildman–Crippen MR) is 140 cm³/mol. The summed E-state index contributed by atoms with van der Waals surface area (Å²) in [5.41, 5.74) is 2.22. The second-order valence-electron chi connectivity index (χ2n) is 9.82. The summed E-state index contributed by atoms with van der Waals surface area (Å²) < 4.78 is 51.5. The molecule has 10 heteroatoms. The first-order chi connectivity index (χ1) is 18.9. The second kappa shape index (κ2) is 10.3. The van der Waals surface area contributed by atoms with Crippen molar-refractivity contribution in [2.45, 2.75) is 44.4 Å². The molecule has 0 bridgehead atoms. The lowest BCUT2D eigenvalue weighted by atomic mass is 9.94. The van der Waals surface area contributed by atoms with E-state index in [1.54, 1.807) is 23.7 Å². The number of aliphatic hydroxyl groups excluding tert-OH is 1. The molecule has 0 aliphatic heterocycles. The summed E-state index contributed by atoms with van der Waals surface area (Å²) in [6.45, 7) is 0.279. The van der Waals surface area contributed by atoms with Crippen LogP contribution >= 0.6 is 0 Å². The molecule has 0 amide bonds. The summed E-state index contributed by atoms with van der Waals surface area (Å²) in [4.78, 5) is 4.50. The molecule has 0 radical (unpaired) electrons. The number of halogens is 3. The van der Waals surface area contributed by atoms with Crippen LogP contribution in [-0.4, -0.2) is 37.0 Å². The van der Waals surface area contributed by atoms with Crippen LogP contribution in [0.2, 0.25) is 0 Å². The molecular formula is C29H26F3N5O2. The van der Waals surface area contributed by atoms with E-state index >= 15 is 4.39 Å². The van der Waals surface area contributed by atoms with E-state index in [4.69, 9.17) is 4.42 Å². The molecule has 39 heavy (non-hydrogen) atoms. The Balaban J connectivity index is 1.51. The van der Waals surface area contributed by atoms with Crippen LogP contribution in [0, 0.1) is 5.82 Å². The Kier molecular flexibility index (Phi) is 6.66. The Bertz CT molecular complexity index is 1630. The predicted octanol–water partition coefficient (Wildman–Crippen LogP) is 6.04. The fourth-order valence-corrected chi connectivity index (χ4v) is 5.30.